The van der Waals surface area contributed by atoms with Gasteiger partial charge in [-0.2, -0.15) is 0 Å². The Bertz CT molecular complexity index is 562. The third kappa shape index (κ3) is 2.83. The van der Waals surface area contributed by atoms with Gasteiger partial charge in [0.05, 0.1) is 11.1 Å². The molecule has 1 atom stereocenters. The molecule has 1 N–H and O–H groups in total. The second-order valence-corrected chi connectivity index (χ2v) is 4.26. The van der Waals surface area contributed by atoms with Crippen molar-refractivity contribution in [1.29, 1.82) is 0 Å². The summed E-state index contributed by atoms with van der Waals surface area (Å²) in [6.45, 7) is 0. The molecular formula is C13H10ClF2NO. The fourth-order valence-electron chi connectivity index (χ4n) is 1.66. The summed E-state index contributed by atoms with van der Waals surface area (Å²) in [5, 5.41) is 10.3. The average molecular weight is 270 g/mol. The molecule has 0 spiro atoms. The van der Waals surface area contributed by atoms with Crippen molar-refractivity contribution >= 4 is 11.6 Å². The maximum Gasteiger partial charge on any atom is 0.129 e. The molecule has 1 unspecified atom stereocenters. The summed E-state index contributed by atoms with van der Waals surface area (Å²) in [6, 6.07) is 4.60. The third-order valence-electron chi connectivity index (χ3n) is 2.59. The van der Waals surface area contributed by atoms with E-state index in [1.54, 1.807) is 6.07 Å². The maximum atomic E-state index is 13.5. The molecule has 0 amide bonds. The van der Waals surface area contributed by atoms with E-state index in [9.17, 15) is 13.9 Å². The number of benzene rings is 1. The Hall–Kier alpha value is -1.52. The Kier molecular flexibility index (Phi) is 3.89. The molecule has 18 heavy (non-hydrogen) atoms. The van der Waals surface area contributed by atoms with E-state index in [2.05, 4.69) is 4.98 Å². The van der Waals surface area contributed by atoms with Crippen LogP contribution in [0.1, 0.15) is 17.2 Å². The van der Waals surface area contributed by atoms with Crippen molar-refractivity contribution < 1.29 is 13.9 Å². The lowest BCUT2D eigenvalue weighted by atomic mass is 10.0. The van der Waals surface area contributed by atoms with Crippen LogP contribution in [0.25, 0.3) is 0 Å². The predicted octanol–water partition coefficient (Wildman–Crippen LogP) is 3.29. The lowest BCUT2D eigenvalue weighted by molar-refractivity contribution is 0.173. The lowest BCUT2D eigenvalue weighted by Gasteiger charge is -2.12. The molecule has 1 heterocycles. The van der Waals surface area contributed by atoms with Crippen molar-refractivity contribution in [3.8, 4) is 0 Å². The van der Waals surface area contributed by atoms with Crippen molar-refractivity contribution in [2.24, 2.45) is 0 Å². The zero-order chi connectivity index (χ0) is 13.1. The average Bonchev–Trinajstić information content (AvgIpc) is 2.35. The molecule has 0 bridgehead atoms. The second-order valence-electron chi connectivity index (χ2n) is 3.85. The first-order valence-electron chi connectivity index (χ1n) is 5.29. The van der Waals surface area contributed by atoms with Crippen LogP contribution in [0.15, 0.2) is 36.7 Å². The minimum atomic E-state index is -1.15. The van der Waals surface area contributed by atoms with Gasteiger partial charge in [-0.3, -0.25) is 4.98 Å². The summed E-state index contributed by atoms with van der Waals surface area (Å²) >= 11 is 5.89. The highest BCUT2D eigenvalue weighted by atomic mass is 35.5. The van der Waals surface area contributed by atoms with Gasteiger partial charge >= 0.3 is 0 Å². The van der Waals surface area contributed by atoms with Crippen LogP contribution in [0, 0.1) is 11.6 Å². The van der Waals surface area contributed by atoms with Crippen LogP contribution in [-0.4, -0.2) is 10.1 Å². The molecule has 94 valence electrons. The smallest absolute Gasteiger partial charge is 0.129 e. The van der Waals surface area contributed by atoms with Gasteiger partial charge in [0, 0.05) is 24.4 Å². The lowest BCUT2D eigenvalue weighted by Crippen LogP contribution is -2.05. The predicted molar refractivity (Wildman–Crippen MR) is 64.3 cm³/mol. The maximum absolute atomic E-state index is 13.5. The fraction of sp³-hybridized carbons (Fsp3) is 0.154. The van der Waals surface area contributed by atoms with Gasteiger partial charge in [-0.15, -0.1) is 0 Å². The van der Waals surface area contributed by atoms with Gasteiger partial charge in [0.2, 0.25) is 0 Å². The highest BCUT2D eigenvalue weighted by Crippen LogP contribution is 2.25. The molecule has 0 aliphatic heterocycles. The molecule has 2 nitrogen and oxygen atoms in total. The highest BCUT2D eigenvalue weighted by molar-refractivity contribution is 6.31. The van der Waals surface area contributed by atoms with Crippen LogP contribution in [0.4, 0.5) is 8.78 Å². The minimum Gasteiger partial charge on any atom is -0.388 e. The number of aromatic nitrogens is 1. The Morgan fingerprint density at radius 3 is 2.78 bits per heavy atom. The van der Waals surface area contributed by atoms with Gasteiger partial charge in [0.25, 0.3) is 0 Å². The minimum absolute atomic E-state index is 0.0807. The first kappa shape index (κ1) is 12.9. The molecule has 1 aromatic carbocycles. The van der Waals surface area contributed by atoms with Crippen LogP contribution in [-0.2, 0) is 6.42 Å². The summed E-state index contributed by atoms with van der Waals surface area (Å²) in [5.41, 5.74) is 0.547. The number of aliphatic hydroxyl groups is 1. The largest absolute Gasteiger partial charge is 0.388 e. The molecule has 0 fully saturated rings. The van der Waals surface area contributed by atoms with E-state index in [4.69, 9.17) is 11.6 Å². The van der Waals surface area contributed by atoms with Gasteiger partial charge in [-0.05, 0) is 29.8 Å². The first-order chi connectivity index (χ1) is 8.58. The summed E-state index contributed by atoms with van der Waals surface area (Å²) in [7, 11) is 0. The van der Waals surface area contributed by atoms with Crippen molar-refractivity contribution in [1.82, 2.24) is 4.98 Å². The molecule has 0 saturated heterocycles. The second kappa shape index (κ2) is 5.42. The Morgan fingerprint density at radius 1 is 1.28 bits per heavy atom. The standard InChI is InChI=1S/C13H10ClF2NO/c14-11-7-17-4-3-8(11)5-13(18)10-6-9(15)1-2-12(10)16/h1-4,6-7,13,18H,5H2. The monoisotopic (exact) mass is 269 g/mol. The zero-order valence-corrected chi connectivity index (χ0v) is 10.0. The fourth-order valence-corrected chi connectivity index (χ4v) is 1.85. The summed E-state index contributed by atoms with van der Waals surface area (Å²) in [4.78, 5) is 3.81. The molecular weight excluding hydrogens is 260 g/mol. The summed E-state index contributed by atoms with van der Waals surface area (Å²) in [5.74, 6) is -1.24. The van der Waals surface area contributed by atoms with Crippen molar-refractivity contribution in [3.05, 3.63) is 64.4 Å². The van der Waals surface area contributed by atoms with Crippen LogP contribution >= 0.6 is 11.6 Å². The van der Waals surface area contributed by atoms with E-state index in [1.165, 1.54) is 12.4 Å². The molecule has 2 rings (SSSR count). The zero-order valence-electron chi connectivity index (χ0n) is 9.28. The van der Waals surface area contributed by atoms with Gasteiger partial charge < -0.3 is 5.11 Å². The Balaban J connectivity index is 2.25. The summed E-state index contributed by atoms with van der Waals surface area (Å²) < 4.78 is 26.5. The Labute approximate surface area is 108 Å². The van der Waals surface area contributed by atoms with E-state index in [1.807, 2.05) is 0 Å². The summed E-state index contributed by atoms with van der Waals surface area (Å²) in [6.07, 6.45) is 1.91. The van der Waals surface area contributed by atoms with Gasteiger partial charge in [-0.25, -0.2) is 8.78 Å². The number of pyridine rings is 1. The molecule has 1 aromatic heterocycles. The van der Waals surface area contributed by atoms with Gasteiger partial charge in [0.15, 0.2) is 0 Å². The van der Waals surface area contributed by atoms with Gasteiger partial charge in [0.1, 0.15) is 11.6 Å². The van der Waals surface area contributed by atoms with Crippen LogP contribution in [0.5, 0.6) is 0 Å². The molecule has 0 aliphatic carbocycles. The molecule has 2 aromatic rings. The normalized spacial score (nSPS) is 12.4. The number of hydrogen-bond acceptors (Lipinski definition) is 2. The highest BCUT2D eigenvalue weighted by Gasteiger charge is 2.15. The quantitative estimate of drug-likeness (QED) is 0.927. The van der Waals surface area contributed by atoms with Crippen LogP contribution in [0.3, 0.4) is 0 Å². The Morgan fingerprint density at radius 2 is 2.06 bits per heavy atom. The van der Waals surface area contributed by atoms with Crippen LogP contribution < -0.4 is 0 Å². The van der Waals surface area contributed by atoms with Crippen molar-refractivity contribution in [3.63, 3.8) is 0 Å². The van der Waals surface area contributed by atoms with E-state index < -0.39 is 17.7 Å². The van der Waals surface area contributed by atoms with Crippen molar-refractivity contribution in [2.75, 3.05) is 0 Å². The SMILES string of the molecule is OC(Cc1ccncc1Cl)c1cc(F)ccc1F. The van der Waals surface area contributed by atoms with E-state index in [0.29, 0.717) is 10.6 Å². The number of aliphatic hydroxyl groups excluding tert-OH is 1. The topological polar surface area (TPSA) is 33.1 Å². The van der Waals surface area contributed by atoms with E-state index in [-0.39, 0.29) is 12.0 Å². The number of halogens is 3. The van der Waals surface area contributed by atoms with Crippen molar-refractivity contribution in [2.45, 2.75) is 12.5 Å². The number of hydrogen-bond donors (Lipinski definition) is 1. The van der Waals surface area contributed by atoms with E-state index >= 15 is 0 Å². The molecule has 0 aliphatic rings. The number of rotatable bonds is 3. The third-order valence-corrected chi connectivity index (χ3v) is 2.93. The van der Waals surface area contributed by atoms with Crippen LogP contribution in [0.2, 0.25) is 5.02 Å². The van der Waals surface area contributed by atoms with E-state index in [0.717, 1.165) is 18.2 Å². The molecule has 0 saturated carbocycles. The van der Waals surface area contributed by atoms with Gasteiger partial charge in [-0.1, -0.05) is 11.6 Å². The first-order valence-corrected chi connectivity index (χ1v) is 5.67. The molecule has 5 heteroatoms. The molecule has 0 radical (unpaired) electrons. The number of nitrogens with zero attached hydrogens (tertiary/aromatic N) is 1.